The first-order valence-electron chi connectivity index (χ1n) is 7.86. The summed E-state index contributed by atoms with van der Waals surface area (Å²) in [6.45, 7) is 12.5. The first kappa shape index (κ1) is 18.1. The van der Waals surface area contributed by atoms with Gasteiger partial charge in [-0.05, 0) is 61.7 Å². The average molecular weight is 297 g/mol. The molecule has 1 nitrogen and oxygen atoms in total. The van der Waals surface area contributed by atoms with Crippen LogP contribution in [0.25, 0.3) is 0 Å². The van der Waals surface area contributed by atoms with Crippen LogP contribution in [-0.4, -0.2) is 13.1 Å². The quantitative estimate of drug-likeness (QED) is 0.675. The van der Waals surface area contributed by atoms with E-state index in [0.29, 0.717) is 23.5 Å². The molecule has 120 valence electrons. The van der Waals surface area contributed by atoms with Gasteiger partial charge in [-0.3, -0.25) is 0 Å². The van der Waals surface area contributed by atoms with Gasteiger partial charge in [0.05, 0.1) is 0 Å². The van der Waals surface area contributed by atoms with Crippen molar-refractivity contribution >= 4 is 0 Å². The van der Waals surface area contributed by atoms with Crippen molar-refractivity contribution in [3.05, 3.63) is 34.9 Å². The molecule has 3 heteroatoms. The summed E-state index contributed by atoms with van der Waals surface area (Å²) in [4.78, 5) is 0. The normalized spacial score (nSPS) is 12.2. The highest BCUT2D eigenvalue weighted by atomic mass is 19.1. The van der Waals surface area contributed by atoms with E-state index in [4.69, 9.17) is 0 Å². The Morgan fingerprint density at radius 2 is 1.76 bits per heavy atom. The lowest BCUT2D eigenvalue weighted by Crippen LogP contribution is -2.26. The molecule has 1 aromatic carbocycles. The third kappa shape index (κ3) is 6.56. The number of nitrogens with one attached hydrogen (secondary N) is 1. The van der Waals surface area contributed by atoms with E-state index in [1.165, 1.54) is 0 Å². The molecule has 1 N–H and O–H groups in total. The molecular weight excluding hydrogens is 268 g/mol. The van der Waals surface area contributed by atoms with Gasteiger partial charge >= 0.3 is 0 Å². The van der Waals surface area contributed by atoms with Crippen molar-refractivity contribution in [3.8, 4) is 0 Å². The monoisotopic (exact) mass is 297 g/mol. The Morgan fingerprint density at radius 1 is 1.10 bits per heavy atom. The van der Waals surface area contributed by atoms with Crippen LogP contribution in [0.15, 0.2) is 12.1 Å². The zero-order chi connectivity index (χ0) is 16.0. The molecule has 0 amide bonds. The number of hydrogen-bond donors (Lipinski definition) is 1. The molecule has 0 heterocycles. The maximum absolute atomic E-state index is 13.7. The van der Waals surface area contributed by atoms with Crippen molar-refractivity contribution in [2.75, 3.05) is 13.1 Å². The van der Waals surface area contributed by atoms with Crippen molar-refractivity contribution in [2.45, 2.75) is 53.9 Å². The van der Waals surface area contributed by atoms with E-state index in [9.17, 15) is 8.78 Å². The first-order chi connectivity index (χ1) is 9.71. The lowest BCUT2D eigenvalue weighted by Gasteiger charge is -2.25. The molecule has 0 bridgehead atoms. The zero-order valence-electron chi connectivity index (χ0n) is 14.0. The van der Waals surface area contributed by atoms with E-state index in [1.807, 2.05) is 0 Å². The molecule has 0 aliphatic rings. The van der Waals surface area contributed by atoms with Gasteiger partial charge in [-0.25, -0.2) is 8.78 Å². The van der Waals surface area contributed by atoms with Crippen LogP contribution < -0.4 is 5.32 Å². The number of benzene rings is 1. The second-order valence-electron chi connectivity index (χ2n) is 7.20. The standard InChI is InChI=1S/C18H29F2N/c1-13(2)12-21-9-8-18(4,5)7-6-15-10-14(3)16(19)11-17(15)20/h10-11,13,21H,6-9,12H2,1-5H3. The fourth-order valence-corrected chi connectivity index (χ4v) is 2.32. The van der Waals surface area contributed by atoms with E-state index < -0.39 is 11.6 Å². The summed E-state index contributed by atoms with van der Waals surface area (Å²) < 4.78 is 27.0. The van der Waals surface area contributed by atoms with Crippen molar-refractivity contribution in [1.29, 1.82) is 0 Å². The summed E-state index contributed by atoms with van der Waals surface area (Å²) in [7, 11) is 0. The molecule has 0 spiro atoms. The predicted molar refractivity (Wildman–Crippen MR) is 85.5 cm³/mol. The molecule has 0 aliphatic carbocycles. The van der Waals surface area contributed by atoms with Crippen molar-refractivity contribution in [2.24, 2.45) is 11.3 Å². The maximum atomic E-state index is 13.7. The Bertz CT molecular complexity index is 453. The molecule has 0 unspecified atom stereocenters. The summed E-state index contributed by atoms with van der Waals surface area (Å²) in [6, 6.07) is 2.64. The van der Waals surface area contributed by atoms with Crippen molar-refractivity contribution in [3.63, 3.8) is 0 Å². The third-order valence-electron chi connectivity index (χ3n) is 3.93. The highest BCUT2D eigenvalue weighted by Crippen LogP contribution is 2.27. The SMILES string of the molecule is Cc1cc(CCC(C)(C)CCNCC(C)C)c(F)cc1F. The molecule has 0 fully saturated rings. The van der Waals surface area contributed by atoms with Gasteiger partial charge in [0, 0.05) is 6.07 Å². The first-order valence-corrected chi connectivity index (χ1v) is 7.86. The highest BCUT2D eigenvalue weighted by Gasteiger charge is 2.18. The van der Waals surface area contributed by atoms with Gasteiger partial charge < -0.3 is 5.32 Å². The largest absolute Gasteiger partial charge is 0.316 e. The number of aryl methyl sites for hydroxylation is 2. The van der Waals surface area contributed by atoms with Gasteiger partial charge in [0.2, 0.25) is 0 Å². The van der Waals surface area contributed by atoms with Crippen LogP contribution in [-0.2, 0) is 6.42 Å². The van der Waals surface area contributed by atoms with E-state index >= 15 is 0 Å². The average Bonchev–Trinajstić information content (AvgIpc) is 2.37. The van der Waals surface area contributed by atoms with E-state index in [2.05, 4.69) is 33.0 Å². The van der Waals surface area contributed by atoms with Gasteiger partial charge in [0.1, 0.15) is 11.6 Å². The molecule has 1 rings (SSSR count). The summed E-state index contributed by atoms with van der Waals surface area (Å²) in [5.74, 6) is -0.232. The Kier molecular flexibility index (Phi) is 6.79. The Labute approximate surface area is 128 Å². The van der Waals surface area contributed by atoms with Gasteiger partial charge in [0.25, 0.3) is 0 Å². The van der Waals surface area contributed by atoms with E-state index in [0.717, 1.165) is 32.0 Å². The molecule has 0 radical (unpaired) electrons. The third-order valence-corrected chi connectivity index (χ3v) is 3.93. The van der Waals surface area contributed by atoms with Crippen LogP contribution in [0.1, 0.15) is 51.7 Å². The molecule has 0 atom stereocenters. The van der Waals surface area contributed by atoms with Crippen LogP contribution in [0.2, 0.25) is 0 Å². The minimum atomic E-state index is -0.464. The topological polar surface area (TPSA) is 12.0 Å². The highest BCUT2D eigenvalue weighted by molar-refractivity contribution is 5.25. The van der Waals surface area contributed by atoms with Crippen LogP contribution >= 0.6 is 0 Å². The lowest BCUT2D eigenvalue weighted by molar-refractivity contribution is 0.298. The van der Waals surface area contributed by atoms with Crippen LogP contribution in [0.4, 0.5) is 8.78 Å². The Hall–Kier alpha value is -0.960. The van der Waals surface area contributed by atoms with Crippen LogP contribution in [0.5, 0.6) is 0 Å². The molecule has 1 aromatic rings. The van der Waals surface area contributed by atoms with E-state index in [-0.39, 0.29) is 5.41 Å². The van der Waals surface area contributed by atoms with Crippen LogP contribution in [0.3, 0.4) is 0 Å². The van der Waals surface area contributed by atoms with Crippen LogP contribution in [0, 0.1) is 29.9 Å². The molecule has 0 aliphatic heterocycles. The lowest BCUT2D eigenvalue weighted by atomic mass is 9.83. The second kappa shape index (κ2) is 7.88. The molecule has 0 aromatic heterocycles. The minimum Gasteiger partial charge on any atom is -0.316 e. The van der Waals surface area contributed by atoms with E-state index in [1.54, 1.807) is 13.0 Å². The second-order valence-corrected chi connectivity index (χ2v) is 7.20. The summed E-state index contributed by atoms with van der Waals surface area (Å²) in [5, 5.41) is 3.44. The molecule has 0 saturated heterocycles. The molecule has 21 heavy (non-hydrogen) atoms. The zero-order valence-corrected chi connectivity index (χ0v) is 14.0. The Morgan fingerprint density at radius 3 is 2.38 bits per heavy atom. The van der Waals surface area contributed by atoms with Crippen molar-refractivity contribution < 1.29 is 8.78 Å². The number of rotatable bonds is 8. The number of hydrogen-bond acceptors (Lipinski definition) is 1. The number of halogens is 2. The van der Waals surface area contributed by atoms with Gasteiger partial charge in [-0.1, -0.05) is 33.8 Å². The Balaban J connectivity index is 2.47. The van der Waals surface area contributed by atoms with Gasteiger partial charge in [-0.2, -0.15) is 0 Å². The summed E-state index contributed by atoms with van der Waals surface area (Å²) in [5.41, 5.74) is 1.29. The maximum Gasteiger partial charge on any atom is 0.129 e. The molecular formula is C18H29F2N. The summed E-state index contributed by atoms with van der Waals surface area (Å²) >= 11 is 0. The fraction of sp³-hybridized carbons (Fsp3) is 0.667. The summed E-state index contributed by atoms with van der Waals surface area (Å²) in [6.07, 6.45) is 2.62. The molecule has 0 saturated carbocycles. The minimum absolute atomic E-state index is 0.151. The fourth-order valence-electron chi connectivity index (χ4n) is 2.32. The van der Waals surface area contributed by atoms with Crippen molar-refractivity contribution in [1.82, 2.24) is 5.32 Å². The van der Waals surface area contributed by atoms with Gasteiger partial charge in [-0.15, -0.1) is 0 Å². The smallest absolute Gasteiger partial charge is 0.129 e. The van der Waals surface area contributed by atoms with Gasteiger partial charge in [0.15, 0.2) is 0 Å². The predicted octanol–water partition coefficient (Wildman–Crippen LogP) is 4.87.